The van der Waals surface area contributed by atoms with Crippen molar-refractivity contribution in [1.82, 2.24) is 4.90 Å². The lowest BCUT2D eigenvalue weighted by Gasteiger charge is -2.22. The molecule has 0 aromatic heterocycles. The molecule has 2 heterocycles. The van der Waals surface area contributed by atoms with E-state index in [0.29, 0.717) is 26.2 Å². The minimum absolute atomic E-state index is 0.0492. The summed E-state index contributed by atoms with van der Waals surface area (Å²) in [5.74, 6) is -0.870. The van der Waals surface area contributed by atoms with Gasteiger partial charge in [0.25, 0.3) is 0 Å². The lowest BCUT2D eigenvalue weighted by molar-refractivity contribution is -0.135. The quantitative estimate of drug-likeness (QED) is 0.819. The van der Waals surface area contributed by atoms with Crippen LogP contribution in [0, 0.1) is 11.7 Å². The number of sulfone groups is 1. The Kier molecular flexibility index (Phi) is 4.68. The van der Waals surface area contributed by atoms with E-state index < -0.39 is 20.9 Å². The molecule has 23 heavy (non-hydrogen) atoms. The SMILES string of the molecule is O=C(C1CCOC1)N1CCC(c2ccccc2F)S(=O)(=O)CC1. The maximum atomic E-state index is 14.0. The van der Waals surface area contributed by atoms with Gasteiger partial charge in [0.15, 0.2) is 9.84 Å². The summed E-state index contributed by atoms with van der Waals surface area (Å²) in [4.78, 5) is 14.0. The lowest BCUT2D eigenvalue weighted by atomic mass is 10.1. The summed E-state index contributed by atoms with van der Waals surface area (Å²) >= 11 is 0. The van der Waals surface area contributed by atoms with Gasteiger partial charge in [0.2, 0.25) is 5.91 Å². The summed E-state index contributed by atoms with van der Waals surface area (Å²) in [5, 5.41) is -0.888. The molecule has 1 amide bonds. The number of hydrogen-bond donors (Lipinski definition) is 0. The Morgan fingerprint density at radius 3 is 2.70 bits per heavy atom. The number of hydrogen-bond acceptors (Lipinski definition) is 4. The first kappa shape index (κ1) is 16.4. The first-order chi connectivity index (χ1) is 11.0. The van der Waals surface area contributed by atoms with Crippen molar-refractivity contribution in [3.05, 3.63) is 35.6 Å². The topological polar surface area (TPSA) is 63.7 Å². The molecule has 2 aliphatic heterocycles. The molecule has 5 nitrogen and oxygen atoms in total. The van der Waals surface area contributed by atoms with Crippen molar-refractivity contribution in [2.24, 2.45) is 5.92 Å². The number of carbonyl (C=O) groups is 1. The average molecular weight is 341 g/mol. The number of carbonyl (C=O) groups excluding carboxylic acids is 1. The lowest BCUT2D eigenvalue weighted by Crippen LogP contribution is -2.38. The summed E-state index contributed by atoms with van der Waals surface area (Å²) < 4.78 is 44.3. The van der Waals surface area contributed by atoms with E-state index in [2.05, 4.69) is 0 Å². The van der Waals surface area contributed by atoms with Gasteiger partial charge in [0, 0.05) is 25.3 Å². The molecule has 7 heteroatoms. The van der Waals surface area contributed by atoms with Crippen LogP contribution in [0.3, 0.4) is 0 Å². The Morgan fingerprint density at radius 1 is 1.22 bits per heavy atom. The summed E-state index contributed by atoms with van der Waals surface area (Å²) in [7, 11) is -3.49. The Bertz CT molecular complexity index is 685. The highest BCUT2D eigenvalue weighted by atomic mass is 32.2. The summed E-state index contributed by atoms with van der Waals surface area (Å²) in [6, 6.07) is 5.96. The Hall–Kier alpha value is -1.47. The summed E-state index contributed by atoms with van der Waals surface area (Å²) in [5.41, 5.74) is 0.200. The fraction of sp³-hybridized carbons (Fsp3) is 0.562. The standard InChI is InChI=1S/C16H20FNO4S/c17-14-4-2-1-3-13(14)15-5-7-18(8-10-23(15,20)21)16(19)12-6-9-22-11-12/h1-4,12,15H,5-11H2. The fourth-order valence-corrected chi connectivity index (χ4v) is 5.04. The highest BCUT2D eigenvalue weighted by Gasteiger charge is 2.36. The van der Waals surface area contributed by atoms with Crippen molar-refractivity contribution in [3.63, 3.8) is 0 Å². The van der Waals surface area contributed by atoms with Crippen molar-refractivity contribution in [2.45, 2.75) is 18.1 Å². The third kappa shape index (κ3) is 3.40. The molecule has 0 radical (unpaired) electrons. The minimum atomic E-state index is -3.49. The van der Waals surface area contributed by atoms with Gasteiger partial charge in [-0.3, -0.25) is 4.79 Å². The molecule has 0 spiro atoms. The number of amides is 1. The first-order valence-electron chi connectivity index (χ1n) is 7.81. The Balaban J connectivity index is 1.80. The molecule has 0 saturated carbocycles. The van der Waals surface area contributed by atoms with Crippen molar-refractivity contribution in [3.8, 4) is 0 Å². The fourth-order valence-electron chi connectivity index (χ4n) is 3.24. The number of rotatable bonds is 2. The van der Waals surface area contributed by atoms with Crippen LogP contribution in [0.2, 0.25) is 0 Å². The van der Waals surface area contributed by atoms with Crippen LogP contribution in [0.5, 0.6) is 0 Å². The third-order valence-corrected chi connectivity index (χ3v) is 6.69. The van der Waals surface area contributed by atoms with Gasteiger partial charge in [0.05, 0.1) is 23.5 Å². The maximum Gasteiger partial charge on any atom is 0.228 e. The van der Waals surface area contributed by atoms with Crippen molar-refractivity contribution >= 4 is 15.7 Å². The molecule has 2 fully saturated rings. The molecular weight excluding hydrogens is 321 g/mol. The maximum absolute atomic E-state index is 14.0. The number of halogens is 1. The van der Waals surface area contributed by atoms with Crippen LogP contribution in [-0.4, -0.2) is 51.3 Å². The molecule has 0 aliphatic carbocycles. The van der Waals surface area contributed by atoms with Gasteiger partial charge in [-0.1, -0.05) is 18.2 Å². The third-order valence-electron chi connectivity index (χ3n) is 4.58. The molecule has 1 aromatic rings. The Morgan fingerprint density at radius 2 is 2.00 bits per heavy atom. The van der Waals surface area contributed by atoms with Crippen molar-refractivity contribution in [1.29, 1.82) is 0 Å². The normalized spacial score (nSPS) is 27.6. The minimum Gasteiger partial charge on any atom is -0.381 e. The van der Waals surface area contributed by atoms with Gasteiger partial charge in [-0.25, -0.2) is 12.8 Å². The van der Waals surface area contributed by atoms with Crippen LogP contribution in [0.1, 0.15) is 23.7 Å². The zero-order valence-corrected chi connectivity index (χ0v) is 13.6. The second-order valence-electron chi connectivity index (χ2n) is 6.05. The predicted octanol–water partition coefficient (Wildman–Crippen LogP) is 1.55. The number of benzene rings is 1. The van der Waals surface area contributed by atoms with Crippen LogP contribution < -0.4 is 0 Å². The molecule has 2 aliphatic rings. The highest BCUT2D eigenvalue weighted by Crippen LogP contribution is 2.31. The van der Waals surface area contributed by atoms with Crippen molar-refractivity contribution < 1.29 is 22.3 Å². The van der Waals surface area contributed by atoms with E-state index in [1.165, 1.54) is 18.2 Å². The van der Waals surface area contributed by atoms with E-state index in [-0.39, 0.29) is 36.1 Å². The molecule has 1 aromatic carbocycles. The van der Waals surface area contributed by atoms with E-state index >= 15 is 0 Å². The van der Waals surface area contributed by atoms with E-state index in [1.54, 1.807) is 11.0 Å². The molecule has 3 rings (SSSR count). The van der Waals surface area contributed by atoms with E-state index in [0.717, 1.165) is 0 Å². The van der Waals surface area contributed by atoms with Gasteiger partial charge in [-0.15, -0.1) is 0 Å². The van der Waals surface area contributed by atoms with Crippen LogP contribution >= 0.6 is 0 Å². The monoisotopic (exact) mass is 341 g/mol. The largest absolute Gasteiger partial charge is 0.381 e. The first-order valence-corrected chi connectivity index (χ1v) is 9.53. The average Bonchev–Trinajstić information content (AvgIpc) is 3.00. The van der Waals surface area contributed by atoms with Gasteiger partial charge in [0.1, 0.15) is 5.82 Å². The number of ether oxygens (including phenoxy) is 1. The van der Waals surface area contributed by atoms with Gasteiger partial charge in [-0.05, 0) is 18.9 Å². The highest BCUT2D eigenvalue weighted by molar-refractivity contribution is 7.91. The van der Waals surface area contributed by atoms with Crippen LogP contribution in [-0.2, 0) is 19.4 Å². The molecular formula is C16H20FNO4S. The molecule has 2 unspecified atom stereocenters. The summed E-state index contributed by atoms with van der Waals surface area (Å²) in [6.07, 6.45) is 0.904. The zero-order valence-electron chi connectivity index (χ0n) is 12.8. The molecule has 2 atom stereocenters. The smallest absolute Gasteiger partial charge is 0.228 e. The van der Waals surface area contributed by atoms with Gasteiger partial charge < -0.3 is 9.64 Å². The Labute approximate surface area is 135 Å². The number of nitrogens with zero attached hydrogens (tertiary/aromatic N) is 1. The predicted molar refractivity (Wildman–Crippen MR) is 83.1 cm³/mol. The van der Waals surface area contributed by atoms with Gasteiger partial charge >= 0.3 is 0 Å². The van der Waals surface area contributed by atoms with Crippen LogP contribution in [0.15, 0.2) is 24.3 Å². The summed E-state index contributed by atoms with van der Waals surface area (Å²) in [6.45, 7) is 1.47. The van der Waals surface area contributed by atoms with E-state index in [9.17, 15) is 17.6 Å². The van der Waals surface area contributed by atoms with Crippen LogP contribution in [0.25, 0.3) is 0 Å². The molecule has 2 saturated heterocycles. The molecule has 0 bridgehead atoms. The van der Waals surface area contributed by atoms with Crippen LogP contribution in [0.4, 0.5) is 4.39 Å². The second-order valence-corrected chi connectivity index (χ2v) is 8.35. The molecule has 0 N–H and O–H groups in total. The van der Waals surface area contributed by atoms with E-state index in [4.69, 9.17) is 4.74 Å². The van der Waals surface area contributed by atoms with Crippen molar-refractivity contribution in [2.75, 3.05) is 32.1 Å². The second kappa shape index (κ2) is 6.57. The van der Waals surface area contributed by atoms with E-state index in [1.807, 2.05) is 0 Å². The zero-order chi connectivity index (χ0) is 16.4. The molecule has 126 valence electrons. The van der Waals surface area contributed by atoms with Gasteiger partial charge in [-0.2, -0.15) is 0 Å².